The topological polar surface area (TPSA) is 24.5 Å². The molecule has 1 saturated heterocycles. The van der Waals surface area contributed by atoms with Gasteiger partial charge in [0.2, 0.25) is 0 Å². The van der Waals surface area contributed by atoms with Crippen LogP contribution in [0.25, 0.3) is 0 Å². The van der Waals surface area contributed by atoms with Crippen molar-refractivity contribution in [3.05, 3.63) is 29.6 Å². The smallest absolute Gasteiger partial charge is 0.128 e. The number of benzene rings is 1. The zero-order valence-electron chi connectivity index (χ0n) is 14.0. The minimum absolute atomic E-state index is 0. The van der Waals surface area contributed by atoms with Crippen molar-refractivity contribution in [3.63, 3.8) is 0 Å². The Bertz CT molecular complexity index is 443. The lowest BCUT2D eigenvalue weighted by Crippen LogP contribution is -2.45. The van der Waals surface area contributed by atoms with Gasteiger partial charge < -0.3 is 10.1 Å². The Labute approximate surface area is 151 Å². The molecule has 0 unspecified atom stereocenters. The van der Waals surface area contributed by atoms with Gasteiger partial charge >= 0.3 is 0 Å². The number of nitrogens with zero attached hydrogens (tertiary/aromatic N) is 1. The number of nitrogens with one attached hydrogen (secondary N) is 1. The number of methoxy groups -OCH3 is 1. The van der Waals surface area contributed by atoms with Crippen molar-refractivity contribution in [1.29, 1.82) is 0 Å². The molecule has 0 radical (unpaired) electrons. The zero-order valence-corrected chi connectivity index (χ0v) is 15.6. The summed E-state index contributed by atoms with van der Waals surface area (Å²) >= 11 is 0. The summed E-state index contributed by atoms with van der Waals surface area (Å²) in [6, 6.07) is 5.25. The summed E-state index contributed by atoms with van der Waals surface area (Å²) in [5.74, 6) is 0.623. The fraction of sp³-hybridized carbons (Fsp3) is 0.647. The van der Waals surface area contributed by atoms with Crippen molar-refractivity contribution < 1.29 is 9.13 Å². The predicted molar refractivity (Wildman–Crippen MR) is 98.8 cm³/mol. The summed E-state index contributed by atoms with van der Waals surface area (Å²) in [5.41, 5.74) is 0.785. The summed E-state index contributed by atoms with van der Waals surface area (Å²) in [6.07, 6.45) is 4.54. The third kappa shape index (κ3) is 6.46. The van der Waals surface area contributed by atoms with Gasteiger partial charge in [-0.05, 0) is 24.6 Å². The Morgan fingerprint density at radius 1 is 1.22 bits per heavy atom. The molecule has 1 aromatic rings. The van der Waals surface area contributed by atoms with Crippen molar-refractivity contribution in [2.75, 3.05) is 33.3 Å². The Morgan fingerprint density at radius 2 is 1.91 bits per heavy atom. The Balaban J connectivity index is 0.00000242. The molecular weight excluding hydrogens is 338 g/mol. The fourth-order valence-corrected chi connectivity index (χ4v) is 3.02. The fourth-order valence-electron chi connectivity index (χ4n) is 3.02. The molecule has 23 heavy (non-hydrogen) atoms. The Hall–Kier alpha value is -0.550. The maximum absolute atomic E-state index is 14.3. The zero-order chi connectivity index (χ0) is 15.1. The molecule has 1 aromatic carbocycles. The third-order valence-electron chi connectivity index (χ3n) is 4.24. The van der Waals surface area contributed by atoms with Crippen molar-refractivity contribution in [2.45, 2.75) is 38.6 Å². The largest absolute Gasteiger partial charge is 0.497 e. The van der Waals surface area contributed by atoms with Gasteiger partial charge in [-0.15, -0.1) is 24.8 Å². The molecule has 1 atom stereocenters. The minimum Gasteiger partial charge on any atom is -0.497 e. The highest BCUT2D eigenvalue weighted by molar-refractivity contribution is 5.85. The second-order valence-corrected chi connectivity index (χ2v) is 5.68. The van der Waals surface area contributed by atoms with E-state index >= 15 is 0 Å². The molecular formula is C17H29Cl2FN2O. The molecule has 1 heterocycles. The van der Waals surface area contributed by atoms with Gasteiger partial charge in [0, 0.05) is 37.8 Å². The number of halogens is 3. The minimum atomic E-state index is -0.115. The number of piperazine rings is 1. The lowest BCUT2D eigenvalue weighted by Gasteiger charge is -2.35. The van der Waals surface area contributed by atoms with Gasteiger partial charge in [-0.1, -0.05) is 26.2 Å². The highest BCUT2D eigenvalue weighted by Gasteiger charge is 2.24. The first kappa shape index (κ1) is 22.4. The first-order chi connectivity index (χ1) is 10.3. The first-order valence-corrected chi connectivity index (χ1v) is 8.04. The number of hydrogen-bond acceptors (Lipinski definition) is 3. The van der Waals surface area contributed by atoms with Crippen LogP contribution in [0.2, 0.25) is 0 Å². The Morgan fingerprint density at radius 3 is 2.52 bits per heavy atom. The van der Waals surface area contributed by atoms with E-state index in [1.165, 1.54) is 18.9 Å². The van der Waals surface area contributed by atoms with Gasteiger partial charge in [0.05, 0.1) is 7.11 Å². The second kappa shape index (κ2) is 11.9. The van der Waals surface area contributed by atoms with E-state index in [0.29, 0.717) is 0 Å². The molecule has 1 aliphatic rings. The van der Waals surface area contributed by atoms with Gasteiger partial charge in [-0.3, -0.25) is 4.90 Å². The van der Waals surface area contributed by atoms with E-state index in [1.54, 1.807) is 13.2 Å². The maximum atomic E-state index is 14.3. The molecule has 0 amide bonds. The van der Waals surface area contributed by atoms with E-state index in [4.69, 9.17) is 4.74 Å². The van der Waals surface area contributed by atoms with Gasteiger partial charge in [-0.2, -0.15) is 0 Å². The van der Waals surface area contributed by atoms with Crippen molar-refractivity contribution in [3.8, 4) is 5.75 Å². The van der Waals surface area contributed by atoms with Crippen LogP contribution < -0.4 is 10.1 Å². The van der Waals surface area contributed by atoms with Gasteiger partial charge in [0.25, 0.3) is 0 Å². The lowest BCUT2D eigenvalue weighted by molar-refractivity contribution is 0.159. The molecule has 2 rings (SSSR count). The molecule has 1 fully saturated rings. The standard InChI is InChI=1S/C17H27FN2O.2ClH/c1-3-4-5-6-17(20-11-9-19-10-12-20)15-13-14(21-2)7-8-16(15)18;;/h7-8,13,17,19H,3-6,9-12H2,1-2H3;2*1H/t17-;;/m1../s1. The van der Waals surface area contributed by atoms with Crippen LogP contribution in [0.1, 0.15) is 44.2 Å². The maximum Gasteiger partial charge on any atom is 0.128 e. The van der Waals surface area contributed by atoms with E-state index in [9.17, 15) is 4.39 Å². The summed E-state index contributed by atoms with van der Waals surface area (Å²) in [4.78, 5) is 2.41. The number of unbranched alkanes of at least 4 members (excludes halogenated alkanes) is 2. The molecule has 0 spiro atoms. The SMILES string of the molecule is CCCCC[C@H](c1cc(OC)ccc1F)N1CCNCC1.Cl.Cl. The number of hydrogen-bond donors (Lipinski definition) is 1. The average Bonchev–Trinajstić information content (AvgIpc) is 2.53. The van der Waals surface area contributed by atoms with Crippen LogP contribution in [0, 0.1) is 5.82 Å². The third-order valence-corrected chi connectivity index (χ3v) is 4.24. The average molecular weight is 367 g/mol. The molecule has 0 aromatic heterocycles. The summed E-state index contributed by atoms with van der Waals surface area (Å²) in [6.45, 7) is 6.12. The highest BCUT2D eigenvalue weighted by atomic mass is 35.5. The van der Waals surface area contributed by atoms with Gasteiger partial charge in [-0.25, -0.2) is 4.39 Å². The predicted octanol–water partition coefficient (Wildman–Crippen LogP) is 4.20. The van der Waals surface area contributed by atoms with E-state index in [1.807, 2.05) is 6.07 Å². The number of ether oxygens (including phenoxy) is 1. The van der Waals surface area contributed by atoms with Gasteiger partial charge in [0.15, 0.2) is 0 Å². The van der Waals surface area contributed by atoms with Crippen LogP contribution in [0.4, 0.5) is 4.39 Å². The summed E-state index contributed by atoms with van der Waals surface area (Å²) in [7, 11) is 1.63. The van der Waals surface area contributed by atoms with Crippen LogP contribution >= 0.6 is 24.8 Å². The molecule has 1 aliphatic heterocycles. The molecule has 3 nitrogen and oxygen atoms in total. The van der Waals surface area contributed by atoms with E-state index in [2.05, 4.69) is 17.1 Å². The summed E-state index contributed by atoms with van der Waals surface area (Å²) in [5, 5.41) is 3.37. The van der Waals surface area contributed by atoms with E-state index in [-0.39, 0.29) is 36.7 Å². The Kier molecular flexibility index (Phi) is 11.6. The molecule has 1 N–H and O–H groups in total. The monoisotopic (exact) mass is 366 g/mol. The summed E-state index contributed by atoms with van der Waals surface area (Å²) < 4.78 is 19.6. The van der Waals surface area contributed by atoms with Crippen LogP contribution in [0.5, 0.6) is 5.75 Å². The van der Waals surface area contributed by atoms with Crippen LogP contribution in [0.3, 0.4) is 0 Å². The molecule has 6 heteroatoms. The normalized spacial score (nSPS) is 16.1. The van der Waals surface area contributed by atoms with Crippen LogP contribution in [-0.4, -0.2) is 38.2 Å². The second-order valence-electron chi connectivity index (χ2n) is 5.68. The number of rotatable bonds is 7. The highest BCUT2D eigenvalue weighted by Crippen LogP contribution is 2.31. The van der Waals surface area contributed by atoms with Gasteiger partial charge in [0.1, 0.15) is 11.6 Å². The quantitative estimate of drug-likeness (QED) is 0.731. The lowest BCUT2D eigenvalue weighted by atomic mass is 9.97. The van der Waals surface area contributed by atoms with Crippen molar-refractivity contribution >= 4 is 24.8 Å². The van der Waals surface area contributed by atoms with E-state index in [0.717, 1.165) is 50.3 Å². The molecule has 134 valence electrons. The first-order valence-electron chi connectivity index (χ1n) is 8.04. The van der Waals surface area contributed by atoms with Crippen molar-refractivity contribution in [1.82, 2.24) is 10.2 Å². The molecule has 0 aliphatic carbocycles. The van der Waals surface area contributed by atoms with Crippen LogP contribution in [0.15, 0.2) is 18.2 Å². The molecule has 0 bridgehead atoms. The van der Waals surface area contributed by atoms with Crippen molar-refractivity contribution in [2.24, 2.45) is 0 Å². The van der Waals surface area contributed by atoms with Crippen LogP contribution in [-0.2, 0) is 0 Å². The van der Waals surface area contributed by atoms with E-state index < -0.39 is 0 Å². The molecule has 0 saturated carbocycles.